The lowest BCUT2D eigenvalue weighted by atomic mass is 9.59. The van der Waals surface area contributed by atoms with E-state index < -0.39 is 28.7 Å². The Morgan fingerprint density at radius 2 is 2.10 bits per heavy atom. The Morgan fingerprint density at radius 3 is 2.70 bits per heavy atom. The lowest BCUT2D eigenvalue weighted by molar-refractivity contribution is -0.212. The maximum Gasteiger partial charge on any atom is 0.315 e. The third-order valence-corrected chi connectivity index (χ3v) is 6.40. The highest BCUT2D eigenvalue weighted by Crippen LogP contribution is 2.76. The molecule has 2 heterocycles. The second-order valence-electron chi connectivity index (χ2n) is 7.80. The van der Waals surface area contributed by atoms with Crippen LogP contribution in [-0.4, -0.2) is 45.7 Å². The van der Waals surface area contributed by atoms with Crippen molar-refractivity contribution in [2.45, 2.75) is 62.9 Å². The van der Waals surface area contributed by atoms with Gasteiger partial charge in [-0.1, -0.05) is 20.8 Å². The van der Waals surface area contributed by atoms with Crippen LogP contribution in [0.25, 0.3) is 0 Å². The number of hydrogen-bond acceptors (Lipinski definition) is 5. The van der Waals surface area contributed by atoms with Crippen molar-refractivity contribution < 1.29 is 24.5 Å². The normalized spacial score (nSPS) is 58.6. The minimum Gasteiger partial charge on any atom is -0.452 e. The molecule has 20 heavy (non-hydrogen) atoms. The van der Waals surface area contributed by atoms with E-state index >= 15 is 0 Å². The van der Waals surface area contributed by atoms with Gasteiger partial charge in [0.1, 0.15) is 17.1 Å². The molecular weight excluding hydrogens is 260 g/mol. The number of aliphatic hydroxyl groups excluding tert-OH is 1. The fourth-order valence-electron chi connectivity index (χ4n) is 5.52. The van der Waals surface area contributed by atoms with Crippen molar-refractivity contribution >= 4 is 5.97 Å². The smallest absolute Gasteiger partial charge is 0.315 e. The van der Waals surface area contributed by atoms with Crippen LogP contribution in [-0.2, 0) is 14.3 Å². The molecule has 2 spiro atoms. The Labute approximate surface area is 118 Å². The highest BCUT2D eigenvalue weighted by Gasteiger charge is 2.91. The largest absolute Gasteiger partial charge is 0.452 e. The van der Waals surface area contributed by atoms with Crippen molar-refractivity contribution in [3.8, 4) is 0 Å². The summed E-state index contributed by atoms with van der Waals surface area (Å²) in [6, 6.07) is 0. The summed E-state index contributed by atoms with van der Waals surface area (Å²) in [6.45, 7) is 5.95. The molecule has 2 aliphatic carbocycles. The van der Waals surface area contributed by atoms with Crippen molar-refractivity contribution in [3.05, 3.63) is 0 Å². The summed E-state index contributed by atoms with van der Waals surface area (Å²) in [5.74, 6) is -1.07. The van der Waals surface area contributed by atoms with Gasteiger partial charge in [0.2, 0.25) is 0 Å². The fraction of sp³-hybridized carbons (Fsp3) is 0.933. The molecule has 4 fully saturated rings. The van der Waals surface area contributed by atoms with Crippen LogP contribution in [0.15, 0.2) is 0 Å². The molecule has 2 saturated heterocycles. The van der Waals surface area contributed by atoms with Crippen molar-refractivity contribution in [1.82, 2.24) is 0 Å². The number of hydrogen-bond donors (Lipinski definition) is 2. The molecule has 112 valence electrons. The Hall–Kier alpha value is -0.650. The molecule has 2 N–H and O–H groups in total. The predicted octanol–water partition coefficient (Wildman–Crippen LogP) is 0.619. The average Bonchev–Trinajstić information content (AvgIpc) is 3.02. The number of carbonyl (C=O) groups excluding carboxylic acids is 1. The molecule has 0 amide bonds. The summed E-state index contributed by atoms with van der Waals surface area (Å²) >= 11 is 0. The molecule has 5 heteroatoms. The molecule has 4 aliphatic rings. The van der Waals surface area contributed by atoms with Crippen molar-refractivity contribution in [2.24, 2.45) is 17.3 Å². The maximum absolute atomic E-state index is 12.2. The first kappa shape index (κ1) is 13.0. The van der Waals surface area contributed by atoms with Gasteiger partial charge in [-0.15, -0.1) is 0 Å². The van der Waals surface area contributed by atoms with Gasteiger partial charge in [-0.05, 0) is 24.2 Å². The van der Waals surface area contributed by atoms with Crippen LogP contribution in [0.3, 0.4) is 0 Å². The number of ether oxygens (including phenoxy) is 2. The number of carbonyl (C=O) groups is 1. The van der Waals surface area contributed by atoms with Crippen LogP contribution in [0.2, 0.25) is 0 Å². The first-order valence-electron chi connectivity index (χ1n) is 7.49. The summed E-state index contributed by atoms with van der Waals surface area (Å²) in [4.78, 5) is 12.2. The minimum absolute atomic E-state index is 0.0297. The van der Waals surface area contributed by atoms with Crippen LogP contribution in [0, 0.1) is 17.3 Å². The lowest BCUT2D eigenvalue weighted by Crippen LogP contribution is -2.66. The summed E-state index contributed by atoms with van der Waals surface area (Å²) < 4.78 is 11.8. The van der Waals surface area contributed by atoms with Crippen LogP contribution >= 0.6 is 0 Å². The maximum atomic E-state index is 12.2. The van der Waals surface area contributed by atoms with Crippen LogP contribution < -0.4 is 0 Å². The standard InChI is InChI=1S/C15H22O5/c1-8-4-5-13(18)9(6-16)10(17)19-14(13)7-12(2,3)11-15(8,14)20-11/h8-9,11,16,18H,4-7H2,1-3H3/t8-,9-,11-,13+,14+,15-/m1/s1. The SMILES string of the molecule is C[C@@H]1CC[C@]2(O)[C@H](CO)C(=O)O[C@@]23CC(C)(C)[C@H]2O[C@]123. The van der Waals surface area contributed by atoms with Crippen molar-refractivity contribution in [3.63, 3.8) is 0 Å². The summed E-state index contributed by atoms with van der Waals surface area (Å²) in [7, 11) is 0. The van der Waals surface area contributed by atoms with Gasteiger partial charge >= 0.3 is 5.97 Å². The van der Waals surface area contributed by atoms with Gasteiger partial charge in [-0.3, -0.25) is 4.79 Å². The van der Waals surface area contributed by atoms with Gasteiger partial charge in [0, 0.05) is 6.42 Å². The van der Waals surface area contributed by atoms with Gasteiger partial charge in [0.25, 0.3) is 0 Å². The first-order chi connectivity index (χ1) is 9.25. The first-order valence-corrected chi connectivity index (χ1v) is 7.49. The molecule has 0 unspecified atom stereocenters. The molecule has 0 aromatic carbocycles. The van der Waals surface area contributed by atoms with Gasteiger partial charge in [-0.25, -0.2) is 0 Å². The van der Waals surface area contributed by atoms with Crippen molar-refractivity contribution in [1.29, 1.82) is 0 Å². The van der Waals surface area contributed by atoms with Gasteiger partial charge in [0.05, 0.1) is 12.7 Å². The van der Waals surface area contributed by atoms with E-state index in [1.165, 1.54) is 0 Å². The zero-order valence-electron chi connectivity index (χ0n) is 12.2. The second-order valence-corrected chi connectivity index (χ2v) is 7.80. The highest BCUT2D eigenvalue weighted by atomic mass is 16.7. The van der Waals surface area contributed by atoms with Crippen LogP contribution in [0.1, 0.15) is 40.0 Å². The fourth-order valence-corrected chi connectivity index (χ4v) is 5.52. The highest BCUT2D eigenvalue weighted by molar-refractivity contribution is 5.79. The van der Waals surface area contributed by atoms with E-state index in [4.69, 9.17) is 9.47 Å². The molecule has 6 atom stereocenters. The molecule has 0 aromatic heterocycles. The Morgan fingerprint density at radius 1 is 1.40 bits per heavy atom. The average molecular weight is 282 g/mol. The van der Waals surface area contributed by atoms with E-state index in [1.807, 2.05) is 0 Å². The third kappa shape index (κ3) is 1.02. The molecule has 5 nitrogen and oxygen atoms in total. The van der Waals surface area contributed by atoms with Crippen LogP contribution in [0.5, 0.6) is 0 Å². The van der Waals surface area contributed by atoms with E-state index in [1.54, 1.807) is 0 Å². The molecule has 0 radical (unpaired) electrons. The van der Waals surface area contributed by atoms with Gasteiger partial charge in [0.15, 0.2) is 5.60 Å². The van der Waals surface area contributed by atoms with E-state index in [0.717, 1.165) is 6.42 Å². The monoisotopic (exact) mass is 282 g/mol. The summed E-state index contributed by atoms with van der Waals surface area (Å²) in [5, 5.41) is 20.8. The Kier molecular flexibility index (Phi) is 2.11. The van der Waals surface area contributed by atoms with E-state index in [9.17, 15) is 15.0 Å². The minimum atomic E-state index is -1.30. The number of esters is 1. The molecular formula is C15H22O5. The van der Waals surface area contributed by atoms with Crippen molar-refractivity contribution in [2.75, 3.05) is 6.61 Å². The number of aliphatic hydroxyl groups is 2. The van der Waals surface area contributed by atoms with Gasteiger partial charge in [-0.2, -0.15) is 0 Å². The Balaban J connectivity index is 1.91. The van der Waals surface area contributed by atoms with E-state index in [2.05, 4.69) is 20.8 Å². The second kappa shape index (κ2) is 3.23. The summed E-state index contributed by atoms with van der Waals surface area (Å²) in [6.07, 6.45) is 1.91. The molecule has 2 aliphatic heterocycles. The van der Waals surface area contributed by atoms with E-state index in [-0.39, 0.29) is 24.0 Å². The zero-order valence-corrected chi connectivity index (χ0v) is 12.2. The lowest BCUT2D eigenvalue weighted by Gasteiger charge is -2.50. The summed E-state index contributed by atoms with van der Waals surface area (Å²) in [5.41, 5.74) is -2.95. The van der Waals surface area contributed by atoms with Gasteiger partial charge < -0.3 is 19.7 Å². The number of epoxide rings is 1. The molecule has 0 aromatic rings. The molecule has 4 rings (SSSR count). The molecule has 0 bridgehead atoms. The molecule has 2 saturated carbocycles. The van der Waals surface area contributed by atoms with E-state index in [0.29, 0.717) is 12.8 Å². The quantitative estimate of drug-likeness (QED) is 0.544. The number of rotatable bonds is 1. The van der Waals surface area contributed by atoms with Crippen LogP contribution in [0.4, 0.5) is 0 Å². The topological polar surface area (TPSA) is 79.3 Å². The predicted molar refractivity (Wildman–Crippen MR) is 68.7 cm³/mol. The Bertz CT molecular complexity index is 502. The third-order valence-electron chi connectivity index (χ3n) is 6.40. The zero-order chi connectivity index (χ0) is 14.6.